The Balaban J connectivity index is 1.53. The molecule has 0 aliphatic carbocycles. The van der Waals surface area contributed by atoms with Gasteiger partial charge in [0.2, 0.25) is 0 Å². The van der Waals surface area contributed by atoms with Gasteiger partial charge in [-0.3, -0.25) is 14.2 Å². The standard InChI is InChI=1S/C32H28BrClFN3O3S/c1-4-37(5-2)31(40)28-19(3)36-32-38(29(28)22-9-11-23(34)12-10-22)30(39)27(42-32)17-21-8-15-26(25(33)16-21)41-18-20-6-13-24(35)14-7-20/h6-17,29H,4-5,18H2,1-3H3/b27-17+/t29-/m0/s1. The number of likely N-dealkylation sites (N-methyl/N-ethyl adjacent to an activating group) is 1. The van der Waals surface area contributed by atoms with Gasteiger partial charge in [0.25, 0.3) is 11.5 Å². The fourth-order valence-electron chi connectivity index (χ4n) is 4.85. The smallest absolute Gasteiger partial charge is 0.271 e. The quantitative estimate of drug-likeness (QED) is 0.224. The van der Waals surface area contributed by atoms with Crippen molar-refractivity contribution in [2.75, 3.05) is 13.1 Å². The molecule has 1 atom stereocenters. The number of ether oxygens (including phenoxy) is 1. The van der Waals surface area contributed by atoms with Crippen molar-refractivity contribution in [2.45, 2.75) is 33.4 Å². The molecule has 0 saturated heterocycles. The Morgan fingerprint density at radius 1 is 1.12 bits per heavy atom. The second-order valence-corrected chi connectivity index (χ2v) is 12.0. The van der Waals surface area contributed by atoms with Gasteiger partial charge in [0.1, 0.15) is 18.2 Å². The second kappa shape index (κ2) is 12.8. The molecule has 10 heteroatoms. The van der Waals surface area contributed by atoms with Crippen molar-refractivity contribution in [2.24, 2.45) is 4.99 Å². The number of hydrogen-bond donors (Lipinski definition) is 0. The van der Waals surface area contributed by atoms with Crippen molar-refractivity contribution >= 4 is 50.9 Å². The highest BCUT2D eigenvalue weighted by Gasteiger charge is 2.34. The van der Waals surface area contributed by atoms with E-state index < -0.39 is 6.04 Å². The zero-order valence-electron chi connectivity index (χ0n) is 23.2. The van der Waals surface area contributed by atoms with Crippen LogP contribution in [0.4, 0.5) is 4.39 Å². The summed E-state index contributed by atoms with van der Waals surface area (Å²) in [6.07, 6.45) is 1.81. The van der Waals surface area contributed by atoms with Gasteiger partial charge in [0.15, 0.2) is 4.80 Å². The van der Waals surface area contributed by atoms with Crippen molar-refractivity contribution < 1.29 is 13.9 Å². The molecule has 3 aromatic carbocycles. The van der Waals surface area contributed by atoms with Gasteiger partial charge < -0.3 is 9.64 Å². The number of thiazole rings is 1. The van der Waals surface area contributed by atoms with Crippen LogP contribution < -0.4 is 19.6 Å². The summed E-state index contributed by atoms with van der Waals surface area (Å²) in [5, 5.41) is 0.569. The zero-order chi connectivity index (χ0) is 30.0. The molecular weight excluding hydrogens is 641 g/mol. The van der Waals surface area contributed by atoms with Gasteiger partial charge in [-0.2, -0.15) is 0 Å². The minimum absolute atomic E-state index is 0.143. The molecule has 216 valence electrons. The van der Waals surface area contributed by atoms with E-state index in [-0.39, 0.29) is 23.9 Å². The largest absolute Gasteiger partial charge is 0.488 e. The molecular formula is C32H28BrClFN3O3S. The van der Waals surface area contributed by atoms with E-state index in [0.717, 1.165) is 16.7 Å². The van der Waals surface area contributed by atoms with Gasteiger partial charge in [-0.05, 0) is 95.9 Å². The minimum Gasteiger partial charge on any atom is -0.488 e. The number of carbonyl (C=O) groups is 1. The third-order valence-electron chi connectivity index (χ3n) is 7.05. The predicted molar refractivity (Wildman–Crippen MR) is 168 cm³/mol. The summed E-state index contributed by atoms with van der Waals surface area (Å²) in [5.41, 5.74) is 3.25. The molecule has 0 N–H and O–H groups in total. The molecule has 1 amide bonds. The first-order valence-corrected chi connectivity index (χ1v) is 15.4. The maximum absolute atomic E-state index is 13.9. The van der Waals surface area contributed by atoms with Crippen LogP contribution in [0, 0.1) is 5.82 Å². The number of nitrogens with zero attached hydrogens (tertiary/aromatic N) is 3. The number of benzene rings is 3. The van der Waals surface area contributed by atoms with Crippen molar-refractivity contribution in [3.05, 3.63) is 130 Å². The molecule has 4 aromatic rings. The highest BCUT2D eigenvalue weighted by Crippen LogP contribution is 2.32. The second-order valence-electron chi connectivity index (χ2n) is 9.72. The molecule has 2 heterocycles. The molecule has 6 nitrogen and oxygen atoms in total. The van der Waals surface area contributed by atoms with Gasteiger partial charge in [-0.15, -0.1) is 0 Å². The van der Waals surface area contributed by atoms with Crippen LogP contribution in [-0.4, -0.2) is 28.5 Å². The number of amides is 1. The van der Waals surface area contributed by atoms with Crippen LogP contribution in [0.3, 0.4) is 0 Å². The van der Waals surface area contributed by atoms with Crippen molar-refractivity contribution in [1.82, 2.24) is 9.47 Å². The highest BCUT2D eigenvalue weighted by atomic mass is 79.9. The monoisotopic (exact) mass is 667 g/mol. The average molecular weight is 669 g/mol. The molecule has 5 rings (SSSR count). The number of carbonyl (C=O) groups excluding carboxylic acids is 1. The number of aromatic nitrogens is 1. The van der Waals surface area contributed by atoms with Crippen molar-refractivity contribution in [3.63, 3.8) is 0 Å². The SMILES string of the molecule is CCN(CC)C(=O)C1=C(C)N=c2s/c(=C/c3ccc(OCc4ccc(F)cc4)c(Br)c3)c(=O)n2[C@H]1c1ccc(Cl)cc1. The summed E-state index contributed by atoms with van der Waals surface area (Å²) in [6, 6.07) is 18.3. The lowest BCUT2D eigenvalue weighted by atomic mass is 9.94. The van der Waals surface area contributed by atoms with E-state index in [9.17, 15) is 14.0 Å². The predicted octanol–water partition coefficient (Wildman–Crippen LogP) is 6.24. The highest BCUT2D eigenvalue weighted by molar-refractivity contribution is 9.10. The fraction of sp³-hybridized carbons (Fsp3) is 0.219. The summed E-state index contributed by atoms with van der Waals surface area (Å²) < 4.78 is 21.9. The Morgan fingerprint density at radius 3 is 2.45 bits per heavy atom. The van der Waals surface area contributed by atoms with E-state index >= 15 is 0 Å². The molecule has 1 aliphatic heterocycles. The molecule has 42 heavy (non-hydrogen) atoms. The third-order valence-corrected chi connectivity index (χ3v) is 8.90. The average Bonchev–Trinajstić information content (AvgIpc) is 3.27. The van der Waals surface area contributed by atoms with Crippen molar-refractivity contribution in [3.8, 4) is 5.75 Å². The fourth-order valence-corrected chi connectivity index (χ4v) is 6.54. The Bertz CT molecular complexity index is 1850. The summed E-state index contributed by atoms with van der Waals surface area (Å²) in [4.78, 5) is 34.6. The molecule has 0 bridgehead atoms. The summed E-state index contributed by atoms with van der Waals surface area (Å²) in [7, 11) is 0. The van der Waals surface area contributed by atoms with E-state index in [0.29, 0.717) is 48.9 Å². The van der Waals surface area contributed by atoms with Crippen LogP contribution in [0.1, 0.15) is 43.5 Å². The van der Waals surface area contributed by atoms with Crippen LogP contribution in [0.15, 0.2) is 92.3 Å². The Labute approximate surface area is 260 Å². The topological polar surface area (TPSA) is 63.9 Å². The summed E-state index contributed by atoms with van der Waals surface area (Å²) >= 11 is 11.0. The lowest BCUT2D eigenvalue weighted by Gasteiger charge is -2.29. The van der Waals surface area contributed by atoms with E-state index in [1.807, 2.05) is 57.2 Å². The van der Waals surface area contributed by atoms with Crippen LogP contribution in [0.2, 0.25) is 5.02 Å². The molecule has 0 fully saturated rings. The first-order chi connectivity index (χ1) is 20.2. The van der Waals surface area contributed by atoms with Gasteiger partial charge in [-0.1, -0.05) is 53.3 Å². The number of allylic oxidation sites excluding steroid dienone is 1. The Morgan fingerprint density at radius 2 is 1.81 bits per heavy atom. The maximum atomic E-state index is 13.9. The lowest BCUT2D eigenvalue weighted by molar-refractivity contribution is -0.127. The molecule has 1 aromatic heterocycles. The van der Waals surface area contributed by atoms with Gasteiger partial charge in [-0.25, -0.2) is 9.38 Å². The first-order valence-electron chi connectivity index (χ1n) is 13.4. The summed E-state index contributed by atoms with van der Waals surface area (Å²) in [6.45, 7) is 7.06. The van der Waals surface area contributed by atoms with Crippen LogP contribution in [0.5, 0.6) is 5.75 Å². The first kappa shape index (κ1) is 29.9. The maximum Gasteiger partial charge on any atom is 0.271 e. The van der Waals surface area contributed by atoms with E-state index in [2.05, 4.69) is 15.9 Å². The number of halogens is 3. The lowest BCUT2D eigenvalue weighted by Crippen LogP contribution is -2.43. The van der Waals surface area contributed by atoms with Gasteiger partial charge >= 0.3 is 0 Å². The van der Waals surface area contributed by atoms with Gasteiger partial charge in [0, 0.05) is 18.1 Å². The third kappa shape index (κ3) is 6.14. The van der Waals surface area contributed by atoms with E-state index in [1.165, 1.54) is 23.5 Å². The minimum atomic E-state index is -0.636. The number of fused-ring (bicyclic) bond motifs is 1. The van der Waals surface area contributed by atoms with E-state index in [4.69, 9.17) is 21.3 Å². The normalized spacial score (nSPS) is 14.9. The molecule has 1 aliphatic rings. The molecule has 0 unspecified atom stereocenters. The van der Waals surface area contributed by atoms with Crippen molar-refractivity contribution in [1.29, 1.82) is 0 Å². The summed E-state index contributed by atoms with van der Waals surface area (Å²) in [5.74, 6) is 0.183. The van der Waals surface area contributed by atoms with Crippen LogP contribution in [0.25, 0.3) is 6.08 Å². The molecule has 0 saturated carbocycles. The zero-order valence-corrected chi connectivity index (χ0v) is 26.4. The molecule has 0 radical (unpaired) electrons. The number of hydrogen-bond acceptors (Lipinski definition) is 5. The molecule has 0 spiro atoms. The Hall–Kier alpha value is -3.53. The number of rotatable bonds is 8. The van der Waals surface area contributed by atoms with E-state index in [1.54, 1.807) is 33.7 Å². The van der Waals surface area contributed by atoms with Crippen LogP contribution >= 0.6 is 38.9 Å². The van der Waals surface area contributed by atoms with Gasteiger partial charge in [0.05, 0.1) is 26.3 Å². The Kier molecular flexibility index (Phi) is 9.11. The van der Waals surface area contributed by atoms with Crippen LogP contribution in [-0.2, 0) is 11.4 Å².